The summed E-state index contributed by atoms with van der Waals surface area (Å²) < 4.78 is 0.922. The molecule has 1 aromatic carbocycles. The Hall–Kier alpha value is -0.890. The van der Waals surface area contributed by atoms with Crippen molar-refractivity contribution < 1.29 is 4.92 Å². The third-order valence-corrected chi connectivity index (χ3v) is 3.97. The summed E-state index contributed by atoms with van der Waals surface area (Å²) in [6, 6.07) is 5.49. The second kappa shape index (κ2) is 5.18. The number of non-ortho nitro benzene ring substituents is 1. The third kappa shape index (κ3) is 2.68. The molecule has 1 fully saturated rings. The van der Waals surface area contributed by atoms with Crippen molar-refractivity contribution >= 4 is 34.0 Å². The van der Waals surface area contributed by atoms with Crippen LogP contribution in [-0.4, -0.2) is 31.1 Å². The van der Waals surface area contributed by atoms with E-state index >= 15 is 0 Å². The third-order valence-electron chi connectivity index (χ3n) is 3.10. The summed E-state index contributed by atoms with van der Waals surface area (Å²) in [5, 5.41) is 14.0. The largest absolute Gasteiger partial charge is 0.369 e. The van der Waals surface area contributed by atoms with E-state index < -0.39 is 0 Å². The van der Waals surface area contributed by atoms with Crippen molar-refractivity contribution in [3.8, 4) is 0 Å². The molecule has 6 heteroatoms. The summed E-state index contributed by atoms with van der Waals surface area (Å²) in [5.74, 6) is 0. The number of hydrogen-bond donors (Lipinski definition) is 1. The summed E-state index contributed by atoms with van der Waals surface area (Å²) >= 11 is 2.15. The van der Waals surface area contributed by atoms with E-state index in [1.165, 1.54) is 0 Å². The maximum atomic E-state index is 10.7. The molecule has 0 amide bonds. The molecule has 0 spiro atoms. The first-order chi connectivity index (χ1) is 8.09. The van der Waals surface area contributed by atoms with Crippen molar-refractivity contribution in [1.82, 2.24) is 5.32 Å². The van der Waals surface area contributed by atoms with Crippen LogP contribution in [0.2, 0.25) is 0 Å². The number of nitro groups is 1. The number of likely N-dealkylation sites (N-methyl/N-ethyl adjacent to an activating group) is 1. The smallest absolute Gasteiger partial charge is 0.270 e. The van der Waals surface area contributed by atoms with Crippen molar-refractivity contribution in [3.63, 3.8) is 0 Å². The Labute approximate surface area is 113 Å². The molecule has 92 valence electrons. The van der Waals surface area contributed by atoms with Crippen LogP contribution in [0, 0.1) is 13.7 Å². The van der Waals surface area contributed by atoms with Crippen molar-refractivity contribution in [2.45, 2.75) is 12.5 Å². The van der Waals surface area contributed by atoms with E-state index in [4.69, 9.17) is 0 Å². The number of nitrogens with one attached hydrogen (secondary N) is 1. The maximum absolute atomic E-state index is 10.7. The van der Waals surface area contributed by atoms with E-state index in [1.54, 1.807) is 12.1 Å². The van der Waals surface area contributed by atoms with E-state index in [0.717, 1.165) is 28.8 Å². The van der Waals surface area contributed by atoms with Gasteiger partial charge in [0.05, 0.1) is 10.6 Å². The van der Waals surface area contributed by atoms with Gasteiger partial charge in [0.25, 0.3) is 5.69 Å². The highest BCUT2D eigenvalue weighted by Crippen LogP contribution is 2.28. The van der Waals surface area contributed by atoms with Gasteiger partial charge < -0.3 is 10.2 Å². The molecule has 0 aromatic heterocycles. The molecule has 0 aliphatic carbocycles. The molecule has 0 radical (unpaired) electrons. The van der Waals surface area contributed by atoms with Crippen LogP contribution in [-0.2, 0) is 0 Å². The van der Waals surface area contributed by atoms with Gasteiger partial charge in [-0.3, -0.25) is 10.1 Å². The minimum atomic E-state index is -0.358. The molecule has 1 N–H and O–H groups in total. The fourth-order valence-electron chi connectivity index (χ4n) is 2.06. The Kier molecular flexibility index (Phi) is 3.82. The van der Waals surface area contributed by atoms with Gasteiger partial charge in [0.15, 0.2) is 0 Å². The Bertz CT molecular complexity index is 433. The number of hydrogen-bond acceptors (Lipinski definition) is 4. The molecule has 1 atom stereocenters. The predicted molar refractivity (Wildman–Crippen MR) is 75.5 cm³/mol. The van der Waals surface area contributed by atoms with E-state index in [1.807, 2.05) is 13.1 Å². The van der Waals surface area contributed by atoms with Crippen molar-refractivity contribution in [2.24, 2.45) is 0 Å². The second-order valence-electron chi connectivity index (χ2n) is 4.15. The van der Waals surface area contributed by atoms with Crippen molar-refractivity contribution in [2.75, 3.05) is 25.0 Å². The van der Waals surface area contributed by atoms with Gasteiger partial charge in [0, 0.05) is 35.3 Å². The molecule has 0 saturated carbocycles. The highest BCUT2D eigenvalue weighted by Gasteiger charge is 2.21. The molecule has 5 nitrogen and oxygen atoms in total. The van der Waals surface area contributed by atoms with Crippen LogP contribution >= 0.6 is 22.6 Å². The molecule has 1 unspecified atom stereocenters. The molecule has 1 aromatic rings. The van der Waals surface area contributed by atoms with Crippen LogP contribution in [0.25, 0.3) is 0 Å². The number of benzene rings is 1. The lowest BCUT2D eigenvalue weighted by molar-refractivity contribution is -0.384. The first kappa shape index (κ1) is 12.6. The van der Waals surface area contributed by atoms with E-state index in [9.17, 15) is 10.1 Å². The van der Waals surface area contributed by atoms with Crippen LogP contribution in [0.15, 0.2) is 18.2 Å². The maximum Gasteiger partial charge on any atom is 0.270 e. The zero-order chi connectivity index (χ0) is 12.4. The molecular formula is C11H14IN3O2. The molecule has 17 heavy (non-hydrogen) atoms. The standard InChI is InChI=1S/C11H14IN3O2/c1-14(9-4-5-13-7-9)11-3-2-8(15(16)17)6-10(11)12/h2-3,6,9,13H,4-5,7H2,1H3. The number of nitro benzene ring substituents is 1. The van der Waals surface area contributed by atoms with Gasteiger partial charge in [0.2, 0.25) is 0 Å². The highest BCUT2D eigenvalue weighted by molar-refractivity contribution is 14.1. The normalized spacial score (nSPS) is 19.3. The number of rotatable bonds is 3. The lowest BCUT2D eigenvalue weighted by Crippen LogP contribution is -2.33. The quantitative estimate of drug-likeness (QED) is 0.516. The van der Waals surface area contributed by atoms with Crippen molar-refractivity contribution in [1.29, 1.82) is 0 Å². The zero-order valence-electron chi connectivity index (χ0n) is 9.52. The summed E-state index contributed by atoms with van der Waals surface area (Å²) in [5.41, 5.74) is 1.21. The van der Waals surface area contributed by atoms with Crippen LogP contribution in [0.4, 0.5) is 11.4 Å². The van der Waals surface area contributed by atoms with E-state index in [-0.39, 0.29) is 10.6 Å². The minimum Gasteiger partial charge on any atom is -0.369 e. The van der Waals surface area contributed by atoms with Gasteiger partial charge in [0.1, 0.15) is 0 Å². The molecule has 0 bridgehead atoms. The molecular weight excluding hydrogens is 333 g/mol. The fraction of sp³-hybridized carbons (Fsp3) is 0.455. The van der Waals surface area contributed by atoms with Crippen LogP contribution in [0.1, 0.15) is 6.42 Å². The number of nitrogens with zero attached hydrogens (tertiary/aromatic N) is 2. The highest BCUT2D eigenvalue weighted by atomic mass is 127. The van der Waals surface area contributed by atoms with E-state index in [0.29, 0.717) is 6.04 Å². The summed E-state index contributed by atoms with van der Waals surface area (Å²) in [6.45, 7) is 2.02. The second-order valence-corrected chi connectivity index (χ2v) is 5.31. The van der Waals surface area contributed by atoms with Gasteiger partial charge in [-0.05, 0) is 41.6 Å². The number of halogens is 1. The van der Waals surface area contributed by atoms with Crippen LogP contribution in [0.5, 0.6) is 0 Å². The first-order valence-corrected chi connectivity index (χ1v) is 6.55. The summed E-state index contributed by atoms with van der Waals surface area (Å²) in [7, 11) is 2.04. The number of anilines is 1. The average molecular weight is 347 g/mol. The van der Waals surface area contributed by atoms with Gasteiger partial charge in [-0.2, -0.15) is 0 Å². The predicted octanol–water partition coefficient (Wildman–Crippen LogP) is 2.00. The minimum absolute atomic E-state index is 0.149. The Morgan fingerprint density at radius 1 is 1.59 bits per heavy atom. The monoisotopic (exact) mass is 347 g/mol. The molecule has 2 rings (SSSR count). The van der Waals surface area contributed by atoms with Crippen molar-refractivity contribution in [3.05, 3.63) is 31.9 Å². The van der Waals surface area contributed by atoms with Gasteiger partial charge in [-0.25, -0.2) is 0 Å². The molecule has 1 aliphatic rings. The Morgan fingerprint density at radius 3 is 2.88 bits per heavy atom. The lowest BCUT2D eigenvalue weighted by Gasteiger charge is -2.26. The topological polar surface area (TPSA) is 58.4 Å². The van der Waals surface area contributed by atoms with Gasteiger partial charge in [-0.15, -0.1) is 0 Å². The van der Waals surface area contributed by atoms with Crippen LogP contribution in [0.3, 0.4) is 0 Å². The summed E-state index contributed by atoms with van der Waals surface area (Å²) in [4.78, 5) is 12.5. The zero-order valence-corrected chi connectivity index (χ0v) is 11.7. The molecule has 1 heterocycles. The SMILES string of the molecule is CN(c1ccc([N+](=O)[O-])cc1I)C1CCNC1. The molecule has 1 aliphatic heterocycles. The lowest BCUT2D eigenvalue weighted by atomic mass is 10.2. The Balaban J connectivity index is 2.23. The van der Waals surface area contributed by atoms with Gasteiger partial charge in [-0.1, -0.05) is 0 Å². The van der Waals surface area contributed by atoms with E-state index in [2.05, 4.69) is 32.8 Å². The average Bonchev–Trinajstić information content (AvgIpc) is 2.81. The summed E-state index contributed by atoms with van der Waals surface area (Å²) in [6.07, 6.45) is 1.11. The fourth-order valence-corrected chi connectivity index (χ4v) is 2.94. The Morgan fingerprint density at radius 2 is 2.35 bits per heavy atom. The first-order valence-electron chi connectivity index (χ1n) is 5.47. The van der Waals surface area contributed by atoms with Crippen LogP contribution < -0.4 is 10.2 Å². The molecule has 1 saturated heterocycles. The van der Waals surface area contributed by atoms with Gasteiger partial charge >= 0.3 is 0 Å².